The summed E-state index contributed by atoms with van der Waals surface area (Å²) in [6, 6.07) is 2.26. The first-order valence-corrected chi connectivity index (χ1v) is 8.18. The third-order valence-electron chi connectivity index (χ3n) is 3.39. The second-order valence-corrected chi connectivity index (χ2v) is 8.29. The zero-order valence-electron chi connectivity index (χ0n) is 12.7. The molecule has 0 radical (unpaired) electrons. The van der Waals surface area contributed by atoms with Crippen LogP contribution in [0.1, 0.15) is 52.0 Å². The van der Waals surface area contributed by atoms with Gasteiger partial charge in [-0.15, -0.1) is 11.8 Å². The highest BCUT2D eigenvalue weighted by atomic mass is 32.2. The molecule has 1 saturated heterocycles. The summed E-state index contributed by atoms with van der Waals surface area (Å²) >= 11 is 1.91. The maximum atomic E-state index is 4.69. The van der Waals surface area contributed by atoms with Gasteiger partial charge in [0.15, 0.2) is 0 Å². The Labute approximate surface area is 122 Å². The van der Waals surface area contributed by atoms with Crippen LogP contribution in [0.5, 0.6) is 0 Å². The second-order valence-electron chi connectivity index (χ2n) is 6.42. The van der Waals surface area contributed by atoms with Gasteiger partial charge < -0.3 is 4.90 Å². The van der Waals surface area contributed by atoms with E-state index in [1.807, 2.05) is 11.8 Å². The molecule has 1 fully saturated rings. The minimum Gasteiger partial charge on any atom is -0.357 e. The highest BCUT2D eigenvalue weighted by Gasteiger charge is 2.16. The molecule has 1 aliphatic rings. The van der Waals surface area contributed by atoms with Crippen molar-refractivity contribution in [2.75, 3.05) is 18.0 Å². The van der Waals surface area contributed by atoms with Crippen molar-refractivity contribution in [3.05, 3.63) is 17.8 Å². The fraction of sp³-hybridized carbons (Fsp3) is 0.688. The standard InChI is InChI=1S/C16H26N2S/c1-13-11-15(18-9-7-5-6-8-10-18)17-12-14(13)19-16(2,3)4/h11-12H,5-10H2,1-4H3. The van der Waals surface area contributed by atoms with Crippen molar-refractivity contribution in [1.29, 1.82) is 0 Å². The zero-order valence-corrected chi connectivity index (χ0v) is 13.5. The molecule has 0 atom stereocenters. The summed E-state index contributed by atoms with van der Waals surface area (Å²) in [4.78, 5) is 8.46. The summed E-state index contributed by atoms with van der Waals surface area (Å²) in [6.07, 6.45) is 7.41. The molecule has 19 heavy (non-hydrogen) atoms. The van der Waals surface area contributed by atoms with Gasteiger partial charge in [-0.25, -0.2) is 4.98 Å². The SMILES string of the molecule is Cc1cc(N2CCCCCC2)ncc1SC(C)(C)C. The van der Waals surface area contributed by atoms with Gasteiger partial charge in [0, 0.05) is 28.9 Å². The van der Waals surface area contributed by atoms with Gasteiger partial charge in [-0.05, 0) is 31.4 Å². The number of rotatable bonds is 2. The summed E-state index contributed by atoms with van der Waals surface area (Å²) in [5.41, 5.74) is 1.36. The summed E-state index contributed by atoms with van der Waals surface area (Å²) in [6.45, 7) is 11.3. The van der Waals surface area contributed by atoms with Crippen LogP contribution in [-0.4, -0.2) is 22.8 Å². The predicted molar refractivity (Wildman–Crippen MR) is 85.3 cm³/mol. The van der Waals surface area contributed by atoms with Gasteiger partial charge in [-0.1, -0.05) is 33.6 Å². The molecule has 0 unspecified atom stereocenters. The summed E-state index contributed by atoms with van der Waals surface area (Å²) < 4.78 is 0.247. The van der Waals surface area contributed by atoms with Crippen molar-refractivity contribution in [3.8, 4) is 0 Å². The van der Waals surface area contributed by atoms with Gasteiger partial charge in [0.1, 0.15) is 5.82 Å². The Morgan fingerprint density at radius 2 is 1.74 bits per heavy atom. The molecule has 2 nitrogen and oxygen atoms in total. The molecular formula is C16H26N2S. The minimum atomic E-state index is 0.247. The van der Waals surface area contributed by atoms with Crippen molar-refractivity contribution >= 4 is 17.6 Å². The molecule has 2 heterocycles. The molecule has 0 N–H and O–H groups in total. The molecule has 0 saturated carbocycles. The first-order chi connectivity index (χ1) is 8.96. The average molecular weight is 278 g/mol. The maximum absolute atomic E-state index is 4.69. The Balaban J connectivity index is 2.13. The summed E-state index contributed by atoms with van der Waals surface area (Å²) in [5.74, 6) is 1.16. The molecule has 2 rings (SSSR count). The van der Waals surface area contributed by atoms with E-state index < -0.39 is 0 Å². The van der Waals surface area contributed by atoms with Crippen LogP contribution in [0.4, 0.5) is 5.82 Å². The lowest BCUT2D eigenvalue weighted by atomic mass is 10.2. The van der Waals surface area contributed by atoms with E-state index in [0.29, 0.717) is 0 Å². The fourth-order valence-electron chi connectivity index (χ4n) is 2.44. The number of aromatic nitrogens is 1. The lowest BCUT2D eigenvalue weighted by Crippen LogP contribution is -2.25. The third-order valence-corrected chi connectivity index (χ3v) is 4.65. The lowest BCUT2D eigenvalue weighted by Gasteiger charge is -2.23. The van der Waals surface area contributed by atoms with E-state index in [0.717, 1.165) is 18.9 Å². The topological polar surface area (TPSA) is 16.1 Å². The molecule has 0 aromatic carbocycles. The van der Waals surface area contributed by atoms with Gasteiger partial charge in [-0.2, -0.15) is 0 Å². The smallest absolute Gasteiger partial charge is 0.128 e. The molecule has 0 amide bonds. The van der Waals surface area contributed by atoms with E-state index in [4.69, 9.17) is 4.98 Å². The van der Waals surface area contributed by atoms with E-state index in [2.05, 4.69) is 44.9 Å². The Kier molecular flexibility index (Phi) is 4.77. The maximum Gasteiger partial charge on any atom is 0.128 e. The lowest BCUT2D eigenvalue weighted by molar-refractivity contribution is 0.726. The van der Waals surface area contributed by atoms with Crippen molar-refractivity contribution in [2.45, 2.75) is 63.0 Å². The largest absolute Gasteiger partial charge is 0.357 e. The summed E-state index contributed by atoms with van der Waals surface area (Å²) in [7, 11) is 0. The fourth-order valence-corrected chi connectivity index (χ4v) is 3.42. The number of hydrogen-bond acceptors (Lipinski definition) is 3. The highest BCUT2D eigenvalue weighted by Crippen LogP contribution is 2.34. The van der Waals surface area contributed by atoms with Crippen molar-refractivity contribution < 1.29 is 0 Å². The third kappa shape index (κ3) is 4.41. The van der Waals surface area contributed by atoms with Gasteiger partial charge in [-0.3, -0.25) is 0 Å². The van der Waals surface area contributed by atoms with Crippen LogP contribution in [0.25, 0.3) is 0 Å². The van der Waals surface area contributed by atoms with Crippen LogP contribution in [0.3, 0.4) is 0 Å². The van der Waals surface area contributed by atoms with Gasteiger partial charge >= 0.3 is 0 Å². The molecule has 0 spiro atoms. The van der Waals surface area contributed by atoms with E-state index in [1.165, 1.54) is 36.1 Å². The number of anilines is 1. The number of aryl methyl sites for hydroxylation is 1. The Morgan fingerprint density at radius 1 is 1.11 bits per heavy atom. The van der Waals surface area contributed by atoms with E-state index >= 15 is 0 Å². The van der Waals surface area contributed by atoms with E-state index in [9.17, 15) is 0 Å². The molecule has 106 valence electrons. The van der Waals surface area contributed by atoms with Crippen molar-refractivity contribution in [1.82, 2.24) is 4.98 Å². The number of nitrogens with zero attached hydrogens (tertiary/aromatic N) is 2. The first kappa shape index (κ1) is 14.7. The van der Waals surface area contributed by atoms with E-state index in [1.54, 1.807) is 0 Å². The van der Waals surface area contributed by atoms with Gasteiger partial charge in [0.2, 0.25) is 0 Å². The van der Waals surface area contributed by atoms with Crippen LogP contribution in [-0.2, 0) is 0 Å². The highest BCUT2D eigenvalue weighted by molar-refractivity contribution is 8.00. The van der Waals surface area contributed by atoms with Crippen LogP contribution in [0.15, 0.2) is 17.2 Å². The molecule has 1 aromatic rings. The second kappa shape index (κ2) is 6.17. The molecule has 0 aliphatic carbocycles. The first-order valence-electron chi connectivity index (χ1n) is 7.36. The minimum absolute atomic E-state index is 0.247. The van der Waals surface area contributed by atoms with Crippen LogP contribution < -0.4 is 4.90 Å². The van der Waals surface area contributed by atoms with Gasteiger partial charge in [0.05, 0.1) is 0 Å². The normalized spacial score (nSPS) is 17.4. The Morgan fingerprint density at radius 3 is 2.26 bits per heavy atom. The quantitative estimate of drug-likeness (QED) is 0.732. The number of hydrogen-bond donors (Lipinski definition) is 0. The Hall–Kier alpha value is -0.700. The molecule has 1 aromatic heterocycles. The Bertz CT molecular complexity index is 415. The zero-order chi connectivity index (χ0) is 13.9. The number of thioether (sulfide) groups is 1. The van der Waals surface area contributed by atoms with Crippen LogP contribution >= 0.6 is 11.8 Å². The average Bonchev–Trinajstić information content (AvgIpc) is 2.59. The molecule has 0 bridgehead atoms. The molecule has 3 heteroatoms. The predicted octanol–water partition coefficient (Wildman–Crippen LogP) is 4.66. The van der Waals surface area contributed by atoms with Crippen molar-refractivity contribution in [2.24, 2.45) is 0 Å². The molecule has 1 aliphatic heterocycles. The number of pyridine rings is 1. The monoisotopic (exact) mass is 278 g/mol. The van der Waals surface area contributed by atoms with Crippen LogP contribution in [0.2, 0.25) is 0 Å². The summed E-state index contributed by atoms with van der Waals surface area (Å²) in [5, 5.41) is 0. The molecular weight excluding hydrogens is 252 g/mol. The van der Waals surface area contributed by atoms with Gasteiger partial charge in [0.25, 0.3) is 0 Å². The van der Waals surface area contributed by atoms with Crippen molar-refractivity contribution in [3.63, 3.8) is 0 Å². The van der Waals surface area contributed by atoms with E-state index in [-0.39, 0.29) is 4.75 Å². The van der Waals surface area contributed by atoms with Crippen LogP contribution in [0, 0.1) is 6.92 Å².